The number of nitrogens with zero attached hydrogens (tertiary/aromatic N) is 3. The van der Waals surface area contributed by atoms with Crippen molar-refractivity contribution >= 4 is 40.3 Å². The Morgan fingerprint density at radius 3 is 2.55 bits per heavy atom. The highest BCUT2D eigenvalue weighted by molar-refractivity contribution is 8.26. The first-order chi connectivity index (χ1) is 14.0. The molecule has 0 unspecified atom stereocenters. The van der Waals surface area contributed by atoms with E-state index in [1.165, 1.54) is 16.7 Å². The highest BCUT2D eigenvalue weighted by atomic mass is 32.2. The van der Waals surface area contributed by atoms with Gasteiger partial charge in [-0.15, -0.1) is 0 Å². The molecule has 2 heterocycles. The molecule has 146 valence electrons. The molecule has 5 nitrogen and oxygen atoms in total. The molecule has 1 aliphatic rings. The molecule has 0 bridgehead atoms. The van der Waals surface area contributed by atoms with Crippen LogP contribution in [0.3, 0.4) is 0 Å². The zero-order valence-corrected chi connectivity index (χ0v) is 17.9. The Bertz CT molecular complexity index is 1140. The summed E-state index contributed by atoms with van der Waals surface area (Å²) in [5, 5.41) is 4.82. The van der Waals surface area contributed by atoms with E-state index in [2.05, 4.69) is 0 Å². The SMILES string of the molecule is COc1ccc(-c2nn(-c3ccccc3)cc2/C=C2/SC(=S)N(C)C2=O)cc1C. The normalized spacial score (nSPS) is 15.4. The second kappa shape index (κ2) is 7.85. The molecule has 0 N–H and O–H groups in total. The van der Waals surface area contributed by atoms with Crippen molar-refractivity contribution < 1.29 is 9.53 Å². The van der Waals surface area contributed by atoms with Gasteiger partial charge < -0.3 is 4.74 Å². The molecule has 1 aliphatic heterocycles. The molecular formula is C22H19N3O2S2. The smallest absolute Gasteiger partial charge is 0.265 e. The zero-order valence-electron chi connectivity index (χ0n) is 16.2. The summed E-state index contributed by atoms with van der Waals surface area (Å²) >= 11 is 6.56. The fourth-order valence-electron chi connectivity index (χ4n) is 3.14. The van der Waals surface area contributed by atoms with Gasteiger partial charge in [-0.3, -0.25) is 9.69 Å². The van der Waals surface area contributed by atoms with E-state index in [9.17, 15) is 4.79 Å². The molecule has 2 aromatic carbocycles. The standard InChI is InChI=1S/C22H19N3O2S2/c1-14-11-15(9-10-18(14)27-3)20-16(12-19-21(26)24(2)22(28)29-19)13-25(23-20)17-7-5-4-6-8-17/h4-13H,1-3H3/b19-12+. The average molecular weight is 422 g/mol. The van der Waals surface area contributed by atoms with Crippen LogP contribution in [0.2, 0.25) is 0 Å². The predicted octanol–water partition coefficient (Wildman–Crippen LogP) is 4.69. The van der Waals surface area contributed by atoms with Crippen LogP contribution >= 0.6 is 24.0 Å². The number of benzene rings is 2. The Hall–Kier alpha value is -2.90. The number of methoxy groups -OCH3 is 1. The number of hydrogen-bond acceptors (Lipinski definition) is 5. The quantitative estimate of drug-likeness (QED) is 0.452. The predicted molar refractivity (Wildman–Crippen MR) is 121 cm³/mol. The van der Waals surface area contributed by atoms with Crippen LogP contribution in [0.5, 0.6) is 5.75 Å². The topological polar surface area (TPSA) is 47.4 Å². The van der Waals surface area contributed by atoms with E-state index in [4.69, 9.17) is 22.1 Å². The van der Waals surface area contributed by atoms with Gasteiger partial charge in [-0.2, -0.15) is 5.10 Å². The van der Waals surface area contributed by atoms with E-state index >= 15 is 0 Å². The molecule has 0 spiro atoms. The van der Waals surface area contributed by atoms with Gasteiger partial charge in [-0.1, -0.05) is 42.2 Å². The molecule has 1 fully saturated rings. The summed E-state index contributed by atoms with van der Waals surface area (Å²) in [6, 6.07) is 15.8. The molecule has 0 atom stereocenters. The number of aromatic nitrogens is 2. The second-order valence-corrected chi connectivity index (χ2v) is 8.31. The summed E-state index contributed by atoms with van der Waals surface area (Å²) in [6.07, 6.45) is 3.80. The van der Waals surface area contributed by atoms with Gasteiger partial charge in [0.05, 0.1) is 17.7 Å². The summed E-state index contributed by atoms with van der Waals surface area (Å²) < 4.78 is 7.76. The van der Waals surface area contributed by atoms with Crippen molar-refractivity contribution in [2.45, 2.75) is 6.92 Å². The van der Waals surface area contributed by atoms with E-state index in [-0.39, 0.29) is 5.91 Å². The van der Waals surface area contributed by atoms with Gasteiger partial charge in [-0.25, -0.2) is 4.68 Å². The number of likely N-dealkylation sites (N-methyl/N-ethyl adjacent to an activating group) is 1. The van der Waals surface area contributed by atoms with Gasteiger partial charge in [0.1, 0.15) is 15.8 Å². The van der Waals surface area contributed by atoms with Gasteiger partial charge in [0.2, 0.25) is 0 Å². The zero-order chi connectivity index (χ0) is 20.5. The number of para-hydroxylation sites is 1. The Balaban J connectivity index is 1.85. The van der Waals surface area contributed by atoms with Gasteiger partial charge >= 0.3 is 0 Å². The third-order valence-electron chi connectivity index (χ3n) is 4.70. The number of amides is 1. The molecule has 0 radical (unpaired) electrons. The van der Waals surface area contributed by atoms with Crippen LogP contribution in [0.1, 0.15) is 11.1 Å². The van der Waals surface area contributed by atoms with Crippen LogP contribution in [0.4, 0.5) is 0 Å². The molecule has 1 aromatic heterocycles. The minimum absolute atomic E-state index is 0.0932. The van der Waals surface area contributed by atoms with Crippen molar-refractivity contribution in [3.63, 3.8) is 0 Å². The van der Waals surface area contributed by atoms with Crippen LogP contribution < -0.4 is 4.74 Å². The molecule has 3 aromatic rings. The minimum Gasteiger partial charge on any atom is -0.496 e. The number of ether oxygens (including phenoxy) is 1. The summed E-state index contributed by atoms with van der Waals surface area (Å²) in [5.41, 5.74) is 4.57. The minimum atomic E-state index is -0.0932. The largest absolute Gasteiger partial charge is 0.496 e. The van der Waals surface area contributed by atoms with E-state index in [1.807, 2.05) is 72.4 Å². The number of carbonyl (C=O) groups excluding carboxylic acids is 1. The van der Waals surface area contributed by atoms with Crippen LogP contribution in [0.15, 0.2) is 59.6 Å². The highest BCUT2D eigenvalue weighted by Gasteiger charge is 2.29. The molecule has 1 saturated heterocycles. The van der Waals surface area contributed by atoms with E-state index < -0.39 is 0 Å². The second-order valence-electron chi connectivity index (χ2n) is 6.64. The van der Waals surface area contributed by atoms with Crippen LogP contribution in [0, 0.1) is 6.92 Å². The molecule has 1 amide bonds. The summed E-state index contributed by atoms with van der Waals surface area (Å²) in [7, 11) is 3.35. The average Bonchev–Trinajstić information content (AvgIpc) is 3.26. The van der Waals surface area contributed by atoms with Crippen LogP contribution in [0.25, 0.3) is 23.0 Å². The Morgan fingerprint density at radius 2 is 1.93 bits per heavy atom. The van der Waals surface area contributed by atoms with Crippen molar-refractivity contribution in [1.29, 1.82) is 0 Å². The number of carbonyl (C=O) groups is 1. The lowest BCUT2D eigenvalue weighted by atomic mass is 10.0. The number of hydrogen-bond donors (Lipinski definition) is 0. The van der Waals surface area contributed by atoms with Gasteiger partial charge in [-0.05, 0) is 48.9 Å². The van der Waals surface area contributed by atoms with Crippen molar-refractivity contribution in [3.05, 3.63) is 70.8 Å². The molecule has 4 rings (SSSR count). The molecule has 29 heavy (non-hydrogen) atoms. The lowest BCUT2D eigenvalue weighted by Crippen LogP contribution is -2.22. The van der Waals surface area contributed by atoms with Gasteiger partial charge in [0.25, 0.3) is 5.91 Å². The number of thiocarbonyl (C=S) groups is 1. The maximum absolute atomic E-state index is 12.5. The first kappa shape index (κ1) is 19.4. The van der Waals surface area contributed by atoms with Crippen molar-refractivity contribution in [1.82, 2.24) is 14.7 Å². The summed E-state index contributed by atoms with van der Waals surface area (Å²) in [5.74, 6) is 0.731. The maximum Gasteiger partial charge on any atom is 0.265 e. The highest BCUT2D eigenvalue weighted by Crippen LogP contribution is 2.35. The number of rotatable bonds is 4. The van der Waals surface area contributed by atoms with Gasteiger partial charge in [0.15, 0.2) is 0 Å². The molecule has 0 saturated carbocycles. The van der Waals surface area contributed by atoms with E-state index in [1.54, 1.807) is 14.2 Å². The van der Waals surface area contributed by atoms with Crippen LogP contribution in [-0.4, -0.2) is 39.1 Å². The molecular weight excluding hydrogens is 402 g/mol. The van der Waals surface area contributed by atoms with Crippen molar-refractivity contribution in [3.8, 4) is 22.7 Å². The van der Waals surface area contributed by atoms with Gasteiger partial charge in [0, 0.05) is 24.4 Å². The lowest BCUT2D eigenvalue weighted by molar-refractivity contribution is -0.121. The molecule has 0 aliphatic carbocycles. The Labute approximate surface area is 179 Å². The summed E-state index contributed by atoms with van der Waals surface area (Å²) in [4.78, 5) is 14.6. The molecule has 7 heteroatoms. The maximum atomic E-state index is 12.5. The van der Waals surface area contributed by atoms with Crippen molar-refractivity contribution in [2.75, 3.05) is 14.2 Å². The first-order valence-corrected chi connectivity index (χ1v) is 10.2. The monoisotopic (exact) mass is 421 g/mol. The van der Waals surface area contributed by atoms with E-state index in [0.717, 1.165) is 33.8 Å². The van der Waals surface area contributed by atoms with Crippen molar-refractivity contribution in [2.24, 2.45) is 0 Å². The summed E-state index contributed by atoms with van der Waals surface area (Å²) in [6.45, 7) is 2.00. The fraction of sp³-hybridized carbons (Fsp3) is 0.136. The fourth-order valence-corrected chi connectivity index (χ4v) is 4.31. The number of aryl methyl sites for hydroxylation is 1. The third-order valence-corrected chi connectivity index (χ3v) is 6.19. The van der Waals surface area contributed by atoms with Crippen LogP contribution in [-0.2, 0) is 4.79 Å². The Morgan fingerprint density at radius 1 is 1.17 bits per heavy atom. The van der Waals surface area contributed by atoms with E-state index in [0.29, 0.717) is 9.23 Å². The number of thioether (sulfide) groups is 1. The lowest BCUT2D eigenvalue weighted by Gasteiger charge is -2.07. The Kier molecular flexibility index (Phi) is 5.25. The first-order valence-electron chi connectivity index (χ1n) is 8.99. The third kappa shape index (κ3) is 3.71.